The van der Waals surface area contributed by atoms with Crippen LogP contribution in [0.5, 0.6) is 5.75 Å². The Morgan fingerprint density at radius 1 is 1.09 bits per heavy atom. The molecule has 182 valence electrons. The molecule has 35 heavy (non-hydrogen) atoms. The number of H-pyrrole nitrogens is 1. The number of hydrogen-bond donors (Lipinski definition) is 3. The third-order valence-corrected chi connectivity index (χ3v) is 5.99. The molecule has 0 bridgehead atoms. The first-order chi connectivity index (χ1) is 17.1. The van der Waals surface area contributed by atoms with E-state index >= 15 is 0 Å². The summed E-state index contributed by atoms with van der Waals surface area (Å²) in [6.45, 7) is 7.99. The van der Waals surface area contributed by atoms with Gasteiger partial charge < -0.3 is 25.3 Å². The van der Waals surface area contributed by atoms with Crippen molar-refractivity contribution in [3.05, 3.63) is 66.5 Å². The third kappa shape index (κ3) is 5.96. The summed E-state index contributed by atoms with van der Waals surface area (Å²) in [5.74, 6) is 1.14. The van der Waals surface area contributed by atoms with Gasteiger partial charge in [-0.3, -0.25) is 4.79 Å². The van der Waals surface area contributed by atoms with Crippen molar-refractivity contribution in [2.24, 2.45) is 0 Å². The lowest BCUT2D eigenvalue weighted by molar-refractivity contribution is 0.0947. The minimum atomic E-state index is -0.0944. The maximum Gasteiger partial charge on any atom is 0.267 e. The van der Waals surface area contributed by atoms with Crippen molar-refractivity contribution in [3.63, 3.8) is 0 Å². The van der Waals surface area contributed by atoms with Gasteiger partial charge >= 0.3 is 0 Å². The van der Waals surface area contributed by atoms with E-state index in [-0.39, 0.29) is 5.91 Å². The Morgan fingerprint density at radius 2 is 1.91 bits per heavy atom. The minimum Gasteiger partial charge on any atom is -0.496 e. The van der Waals surface area contributed by atoms with Crippen LogP contribution in [0.1, 0.15) is 30.8 Å². The van der Waals surface area contributed by atoms with E-state index < -0.39 is 0 Å². The van der Waals surface area contributed by atoms with Gasteiger partial charge in [0, 0.05) is 34.9 Å². The molecule has 0 fully saturated rings. The molecule has 2 heterocycles. The van der Waals surface area contributed by atoms with Gasteiger partial charge in [-0.25, -0.2) is 9.97 Å². The smallest absolute Gasteiger partial charge is 0.267 e. The molecule has 0 saturated carbocycles. The quantitative estimate of drug-likeness (QED) is 0.271. The number of amides is 1. The zero-order valence-corrected chi connectivity index (χ0v) is 20.5. The molecule has 3 N–H and O–H groups in total. The van der Waals surface area contributed by atoms with Crippen LogP contribution in [0.15, 0.2) is 60.8 Å². The summed E-state index contributed by atoms with van der Waals surface area (Å²) in [5.41, 5.74) is 3.94. The predicted octanol–water partition coefficient (Wildman–Crippen LogP) is 4.84. The van der Waals surface area contributed by atoms with E-state index in [4.69, 9.17) is 4.74 Å². The summed E-state index contributed by atoms with van der Waals surface area (Å²) in [6, 6.07) is 17.3. The first-order valence-electron chi connectivity index (χ1n) is 12.0. The normalized spacial score (nSPS) is 11.1. The highest BCUT2D eigenvalue weighted by atomic mass is 16.5. The fraction of sp³-hybridized carbons (Fsp3) is 0.296. The number of ether oxygens (including phenoxy) is 1. The molecule has 0 saturated heterocycles. The molecule has 8 nitrogen and oxygen atoms in total. The highest BCUT2D eigenvalue weighted by molar-refractivity contribution is 5.98. The zero-order chi connectivity index (χ0) is 24.6. The number of fused-ring (bicyclic) bond motifs is 1. The zero-order valence-electron chi connectivity index (χ0n) is 20.5. The van der Waals surface area contributed by atoms with Crippen LogP contribution in [-0.4, -0.2) is 59.0 Å². The van der Waals surface area contributed by atoms with Crippen LogP contribution >= 0.6 is 0 Å². The third-order valence-electron chi connectivity index (χ3n) is 5.99. The van der Waals surface area contributed by atoms with Crippen molar-refractivity contribution >= 4 is 28.4 Å². The maximum atomic E-state index is 12.6. The molecule has 4 aromatic rings. The van der Waals surface area contributed by atoms with Crippen molar-refractivity contribution in [3.8, 4) is 17.0 Å². The first-order valence-corrected chi connectivity index (χ1v) is 12.0. The Kier molecular flexibility index (Phi) is 7.95. The number of benzene rings is 2. The van der Waals surface area contributed by atoms with Gasteiger partial charge in [0.05, 0.1) is 12.8 Å². The highest BCUT2D eigenvalue weighted by Gasteiger charge is 2.11. The number of aromatic amines is 1. The van der Waals surface area contributed by atoms with Crippen molar-refractivity contribution in [2.45, 2.75) is 20.3 Å². The summed E-state index contributed by atoms with van der Waals surface area (Å²) < 4.78 is 5.46. The summed E-state index contributed by atoms with van der Waals surface area (Å²) in [6.07, 6.45) is 2.64. The van der Waals surface area contributed by atoms with Gasteiger partial charge in [0.15, 0.2) is 0 Å². The first kappa shape index (κ1) is 24.2. The Hall–Kier alpha value is -3.91. The summed E-state index contributed by atoms with van der Waals surface area (Å²) in [7, 11) is 1.64. The van der Waals surface area contributed by atoms with E-state index in [9.17, 15) is 4.79 Å². The molecule has 0 aliphatic rings. The van der Waals surface area contributed by atoms with Crippen LogP contribution in [0.2, 0.25) is 0 Å². The molecule has 0 spiro atoms. The second-order valence-corrected chi connectivity index (χ2v) is 8.21. The number of carbonyl (C=O) groups excluding carboxylic acids is 1. The van der Waals surface area contributed by atoms with Crippen LogP contribution in [0.4, 0.5) is 11.6 Å². The van der Waals surface area contributed by atoms with Crippen LogP contribution in [0, 0.1) is 0 Å². The van der Waals surface area contributed by atoms with E-state index in [1.54, 1.807) is 13.3 Å². The second-order valence-electron chi connectivity index (χ2n) is 8.21. The number of aromatic nitrogens is 3. The monoisotopic (exact) mass is 472 g/mol. The number of para-hydroxylation sites is 1. The van der Waals surface area contributed by atoms with E-state index in [1.807, 2.05) is 54.6 Å². The summed E-state index contributed by atoms with van der Waals surface area (Å²) >= 11 is 0. The molecule has 8 heteroatoms. The highest BCUT2D eigenvalue weighted by Crippen LogP contribution is 2.29. The Balaban J connectivity index is 1.43. The molecule has 0 aliphatic heterocycles. The topological polar surface area (TPSA) is 95.2 Å². The van der Waals surface area contributed by atoms with Crippen LogP contribution in [-0.2, 0) is 0 Å². The predicted molar refractivity (Wildman–Crippen MR) is 140 cm³/mol. The molecule has 4 rings (SSSR count). The average molecular weight is 473 g/mol. The second kappa shape index (κ2) is 11.5. The Labute approximate surface area is 205 Å². The standard InChI is InChI=1S/C27H32N6O2/c1-4-33(5-2)16-8-14-28-26(34)24-18-19-17-20(11-12-22(19)31-24)30-27-29-15-13-23(32-27)21-9-6-7-10-25(21)35-3/h6-7,9-13,15,17-18,31H,4-5,8,14,16H2,1-3H3,(H,28,34)(H,29,30,32). The molecule has 0 radical (unpaired) electrons. The fourth-order valence-electron chi connectivity index (χ4n) is 4.03. The van der Waals surface area contributed by atoms with Gasteiger partial charge in [-0.2, -0.15) is 0 Å². The van der Waals surface area contributed by atoms with E-state index in [0.29, 0.717) is 18.2 Å². The van der Waals surface area contributed by atoms with Gasteiger partial charge in [-0.05, 0) is 68.5 Å². The van der Waals surface area contributed by atoms with Crippen LogP contribution in [0.3, 0.4) is 0 Å². The minimum absolute atomic E-state index is 0.0944. The lowest BCUT2D eigenvalue weighted by Crippen LogP contribution is -2.30. The number of anilines is 2. The van der Waals surface area contributed by atoms with Gasteiger partial charge in [0.1, 0.15) is 11.4 Å². The molecule has 0 atom stereocenters. The van der Waals surface area contributed by atoms with Crippen molar-refractivity contribution in [1.29, 1.82) is 0 Å². The number of methoxy groups -OCH3 is 1. The van der Waals surface area contributed by atoms with Crippen molar-refractivity contribution < 1.29 is 9.53 Å². The van der Waals surface area contributed by atoms with E-state index in [2.05, 4.69) is 44.3 Å². The molecule has 0 unspecified atom stereocenters. The van der Waals surface area contributed by atoms with E-state index in [1.165, 1.54) is 0 Å². The van der Waals surface area contributed by atoms with Crippen molar-refractivity contribution in [1.82, 2.24) is 25.2 Å². The van der Waals surface area contributed by atoms with Gasteiger partial charge in [0.25, 0.3) is 5.91 Å². The number of hydrogen-bond acceptors (Lipinski definition) is 6. The Morgan fingerprint density at radius 3 is 2.71 bits per heavy atom. The van der Waals surface area contributed by atoms with Gasteiger partial charge in [0.2, 0.25) is 5.95 Å². The van der Waals surface area contributed by atoms with Crippen LogP contribution in [0.25, 0.3) is 22.2 Å². The molecule has 2 aromatic carbocycles. The van der Waals surface area contributed by atoms with Gasteiger partial charge in [-0.1, -0.05) is 26.0 Å². The molecule has 0 aliphatic carbocycles. The summed E-state index contributed by atoms with van der Waals surface area (Å²) in [5, 5.41) is 7.20. The number of rotatable bonds is 11. The lowest BCUT2D eigenvalue weighted by Gasteiger charge is -2.17. The van der Waals surface area contributed by atoms with Crippen LogP contribution < -0.4 is 15.4 Å². The Bertz CT molecular complexity index is 1280. The summed E-state index contributed by atoms with van der Waals surface area (Å²) in [4.78, 5) is 27.2. The van der Waals surface area contributed by atoms with Crippen molar-refractivity contribution in [2.75, 3.05) is 38.6 Å². The number of carbonyl (C=O) groups is 1. The molecular formula is C27H32N6O2. The fourth-order valence-corrected chi connectivity index (χ4v) is 4.03. The number of nitrogens with one attached hydrogen (secondary N) is 3. The molecule has 2 aromatic heterocycles. The largest absolute Gasteiger partial charge is 0.496 e. The SMILES string of the molecule is CCN(CC)CCCNC(=O)c1cc2cc(Nc3nccc(-c4ccccc4OC)n3)ccc2[nH]1. The average Bonchev–Trinajstić information content (AvgIpc) is 3.32. The molecular weight excluding hydrogens is 440 g/mol. The molecule has 1 amide bonds. The number of nitrogens with zero attached hydrogens (tertiary/aromatic N) is 3. The van der Waals surface area contributed by atoms with E-state index in [0.717, 1.165) is 59.7 Å². The lowest BCUT2D eigenvalue weighted by atomic mass is 10.1. The van der Waals surface area contributed by atoms with Gasteiger partial charge in [-0.15, -0.1) is 0 Å². The maximum absolute atomic E-state index is 12.6.